The van der Waals surface area contributed by atoms with E-state index in [2.05, 4.69) is 27.8 Å². The minimum Gasteiger partial charge on any atom is -0.292 e. The predicted molar refractivity (Wildman–Crippen MR) is 74.3 cm³/mol. The summed E-state index contributed by atoms with van der Waals surface area (Å²) in [5.74, 6) is 0.154. The molecule has 1 aromatic heterocycles. The molecule has 0 bridgehead atoms. The SMILES string of the molecule is CCCCCCCCC(=O)c1cccc(Br)n1. The highest BCUT2D eigenvalue weighted by molar-refractivity contribution is 9.10. The van der Waals surface area contributed by atoms with Gasteiger partial charge >= 0.3 is 0 Å². The Labute approximate surface area is 112 Å². The Morgan fingerprint density at radius 1 is 1.18 bits per heavy atom. The van der Waals surface area contributed by atoms with Crippen molar-refractivity contribution in [3.63, 3.8) is 0 Å². The molecule has 0 aliphatic rings. The summed E-state index contributed by atoms with van der Waals surface area (Å²) in [4.78, 5) is 16.0. The molecule has 0 amide bonds. The van der Waals surface area contributed by atoms with Gasteiger partial charge in [-0.2, -0.15) is 0 Å². The molecule has 1 aromatic rings. The van der Waals surface area contributed by atoms with Crippen molar-refractivity contribution in [3.8, 4) is 0 Å². The molecule has 0 spiro atoms. The largest absolute Gasteiger partial charge is 0.292 e. The van der Waals surface area contributed by atoms with Crippen LogP contribution in [0.4, 0.5) is 0 Å². The molecule has 0 radical (unpaired) electrons. The summed E-state index contributed by atoms with van der Waals surface area (Å²) in [7, 11) is 0. The minimum atomic E-state index is 0.154. The number of carbonyl (C=O) groups is 1. The van der Waals surface area contributed by atoms with E-state index in [-0.39, 0.29) is 5.78 Å². The van der Waals surface area contributed by atoms with Gasteiger partial charge in [-0.05, 0) is 34.5 Å². The maximum Gasteiger partial charge on any atom is 0.181 e. The molecule has 0 saturated carbocycles. The Balaban J connectivity index is 2.21. The van der Waals surface area contributed by atoms with Crippen LogP contribution in [-0.4, -0.2) is 10.8 Å². The maximum atomic E-state index is 11.8. The fourth-order valence-electron chi connectivity index (χ4n) is 1.76. The summed E-state index contributed by atoms with van der Waals surface area (Å²) in [5, 5.41) is 0. The molecule has 94 valence electrons. The summed E-state index contributed by atoms with van der Waals surface area (Å²) in [6.45, 7) is 2.21. The van der Waals surface area contributed by atoms with Crippen LogP contribution in [0.25, 0.3) is 0 Å². The number of unbranched alkanes of at least 4 members (excludes halogenated alkanes) is 5. The first-order valence-corrected chi connectivity index (χ1v) is 7.19. The van der Waals surface area contributed by atoms with E-state index in [1.165, 1.54) is 25.7 Å². The average Bonchev–Trinajstić information content (AvgIpc) is 2.33. The van der Waals surface area contributed by atoms with Gasteiger partial charge in [0.2, 0.25) is 0 Å². The predicted octanol–water partition coefficient (Wildman–Crippen LogP) is 4.78. The Morgan fingerprint density at radius 3 is 2.59 bits per heavy atom. The molecule has 1 heterocycles. The normalized spacial score (nSPS) is 10.5. The molecule has 0 fully saturated rings. The topological polar surface area (TPSA) is 30.0 Å². The van der Waals surface area contributed by atoms with Crippen LogP contribution in [0.5, 0.6) is 0 Å². The van der Waals surface area contributed by atoms with Gasteiger partial charge in [-0.3, -0.25) is 4.79 Å². The summed E-state index contributed by atoms with van der Waals surface area (Å²) < 4.78 is 0.728. The van der Waals surface area contributed by atoms with Gasteiger partial charge in [-0.1, -0.05) is 45.1 Å². The van der Waals surface area contributed by atoms with Crippen molar-refractivity contribution in [3.05, 3.63) is 28.5 Å². The van der Waals surface area contributed by atoms with Gasteiger partial charge in [-0.25, -0.2) is 4.98 Å². The van der Waals surface area contributed by atoms with Gasteiger partial charge in [0, 0.05) is 6.42 Å². The van der Waals surface area contributed by atoms with Gasteiger partial charge in [0.15, 0.2) is 5.78 Å². The number of carbonyl (C=O) groups excluding carboxylic acids is 1. The van der Waals surface area contributed by atoms with Crippen molar-refractivity contribution in [1.29, 1.82) is 0 Å². The zero-order chi connectivity index (χ0) is 12.5. The van der Waals surface area contributed by atoms with Gasteiger partial charge < -0.3 is 0 Å². The van der Waals surface area contributed by atoms with Crippen LogP contribution in [0, 0.1) is 0 Å². The molecule has 0 saturated heterocycles. The van der Waals surface area contributed by atoms with Crippen molar-refractivity contribution < 1.29 is 4.79 Å². The van der Waals surface area contributed by atoms with Gasteiger partial charge in [0.25, 0.3) is 0 Å². The lowest BCUT2D eigenvalue weighted by Crippen LogP contribution is -2.01. The van der Waals surface area contributed by atoms with E-state index in [9.17, 15) is 4.79 Å². The van der Waals surface area contributed by atoms with Gasteiger partial charge in [0.05, 0.1) is 0 Å². The van der Waals surface area contributed by atoms with Crippen LogP contribution in [0.15, 0.2) is 22.8 Å². The minimum absolute atomic E-state index is 0.154. The first-order chi connectivity index (χ1) is 8.24. The molecular weight excluding hydrogens is 278 g/mol. The van der Waals surface area contributed by atoms with E-state index in [1.54, 1.807) is 6.07 Å². The lowest BCUT2D eigenvalue weighted by molar-refractivity contribution is 0.0974. The number of Topliss-reactive ketones (excluding diaryl/α,β-unsaturated/α-hetero) is 1. The highest BCUT2D eigenvalue weighted by Crippen LogP contribution is 2.11. The number of rotatable bonds is 8. The van der Waals surface area contributed by atoms with E-state index in [4.69, 9.17) is 0 Å². The molecule has 17 heavy (non-hydrogen) atoms. The molecule has 3 heteroatoms. The lowest BCUT2D eigenvalue weighted by Gasteiger charge is -2.01. The first-order valence-electron chi connectivity index (χ1n) is 6.39. The van der Waals surface area contributed by atoms with Crippen molar-refractivity contribution in [2.24, 2.45) is 0 Å². The number of hydrogen-bond donors (Lipinski definition) is 0. The number of ketones is 1. The number of aromatic nitrogens is 1. The second kappa shape index (κ2) is 8.40. The zero-order valence-corrected chi connectivity index (χ0v) is 12.0. The summed E-state index contributed by atoms with van der Waals surface area (Å²) in [6.07, 6.45) is 7.86. The Hall–Kier alpha value is -0.700. The summed E-state index contributed by atoms with van der Waals surface area (Å²) >= 11 is 3.28. The molecule has 2 nitrogen and oxygen atoms in total. The second-order valence-electron chi connectivity index (χ2n) is 4.29. The lowest BCUT2D eigenvalue weighted by atomic mass is 10.1. The fourth-order valence-corrected chi connectivity index (χ4v) is 2.10. The van der Waals surface area contributed by atoms with E-state index >= 15 is 0 Å². The van der Waals surface area contributed by atoms with E-state index in [0.717, 1.165) is 17.4 Å². The molecule has 1 rings (SSSR count). The fraction of sp³-hybridized carbons (Fsp3) is 0.571. The molecule has 0 aromatic carbocycles. The van der Waals surface area contributed by atoms with Crippen molar-refractivity contribution in [1.82, 2.24) is 4.98 Å². The van der Waals surface area contributed by atoms with E-state index in [1.807, 2.05) is 12.1 Å². The number of pyridine rings is 1. The molecule has 0 unspecified atom stereocenters. The highest BCUT2D eigenvalue weighted by atomic mass is 79.9. The molecule has 0 atom stereocenters. The van der Waals surface area contributed by atoms with E-state index < -0.39 is 0 Å². The summed E-state index contributed by atoms with van der Waals surface area (Å²) in [5.41, 5.74) is 0.577. The molecule has 0 aliphatic carbocycles. The van der Waals surface area contributed by atoms with Gasteiger partial charge in [0.1, 0.15) is 10.3 Å². The smallest absolute Gasteiger partial charge is 0.181 e. The van der Waals surface area contributed by atoms with Crippen molar-refractivity contribution >= 4 is 21.7 Å². The Morgan fingerprint density at radius 2 is 1.88 bits per heavy atom. The highest BCUT2D eigenvalue weighted by Gasteiger charge is 2.06. The number of hydrogen-bond acceptors (Lipinski definition) is 2. The van der Waals surface area contributed by atoms with Crippen LogP contribution >= 0.6 is 15.9 Å². The maximum absolute atomic E-state index is 11.8. The monoisotopic (exact) mass is 297 g/mol. The van der Waals surface area contributed by atoms with Crippen LogP contribution in [0.2, 0.25) is 0 Å². The number of nitrogens with zero attached hydrogens (tertiary/aromatic N) is 1. The Kier molecular flexibility index (Phi) is 7.10. The van der Waals surface area contributed by atoms with E-state index in [0.29, 0.717) is 12.1 Å². The van der Waals surface area contributed by atoms with Crippen LogP contribution in [0.1, 0.15) is 62.4 Å². The Bertz CT molecular complexity index is 352. The first kappa shape index (κ1) is 14.4. The van der Waals surface area contributed by atoms with Crippen LogP contribution < -0.4 is 0 Å². The quantitative estimate of drug-likeness (QED) is 0.393. The van der Waals surface area contributed by atoms with Crippen molar-refractivity contribution in [2.45, 2.75) is 51.9 Å². The molecule has 0 N–H and O–H groups in total. The molecule has 0 aliphatic heterocycles. The standard InChI is InChI=1S/C14H20BrNO/c1-2-3-4-5-6-7-10-13(17)12-9-8-11-14(15)16-12/h8-9,11H,2-7,10H2,1H3. The molecular formula is C14H20BrNO. The van der Waals surface area contributed by atoms with Gasteiger partial charge in [-0.15, -0.1) is 0 Å². The van der Waals surface area contributed by atoms with Crippen LogP contribution in [-0.2, 0) is 0 Å². The zero-order valence-electron chi connectivity index (χ0n) is 10.4. The average molecular weight is 298 g/mol. The van der Waals surface area contributed by atoms with Crippen LogP contribution in [0.3, 0.4) is 0 Å². The third-order valence-electron chi connectivity index (χ3n) is 2.76. The van der Waals surface area contributed by atoms with Crippen molar-refractivity contribution in [2.75, 3.05) is 0 Å². The third kappa shape index (κ3) is 5.97. The summed E-state index contributed by atoms with van der Waals surface area (Å²) in [6, 6.07) is 5.47. The third-order valence-corrected chi connectivity index (χ3v) is 3.20. The number of halogens is 1. The second-order valence-corrected chi connectivity index (χ2v) is 5.10.